The zero-order valence-electron chi connectivity index (χ0n) is 11.1. The van der Waals surface area contributed by atoms with Crippen LogP contribution in [0.4, 0.5) is 0 Å². The molecular formula is C16H18O3. The molecule has 0 fully saturated rings. The Morgan fingerprint density at radius 3 is 2.53 bits per heavy atom. The van der Waals surface area contributed by atoms with Gasteiger partial charge in [-0.3, -0.25) is 4.79 Å². The summed E-state index contributed by atoms with van der Waals surface area (Å²) in [5.41, 5.74) is -1.26. The Morgan fingerprint density at radius 2 is 2.00 bits per heavy atom. The number of rotatable bonds is 3. The van der Waals surface area contributed by atoms with Gasteiger partial charge >= 0.3 is 5.97 Å². The smallest absolute Gasteiger partial charge is 0.317 e. The van der Waals surface area contributed by atoms with Crippen molar-refractivity contribution in [3.63, 3.8) is 0 Å². The van der Waals surface area contributed by atoms with Gasteiger partial charge < -0.3 is 10.2 Å². The first-order chi connectivity index (χ1) is 8.92. The molecule has 1 aromatic carbocycles. The van der Waals surface area contributed by atoms with Crippen LogP contribution in [0.1, 0.15) is 24.5 Å². The van der Waals surface area contributed by atoms with Gasteiger partial charge in [0.2, 0.25) is 0 Å². The fraction of sp³-hybridized carbons (Fsp3) is 0.312. The predicted molar refractivity (Wildman–Crippen MR) is 73.7 cm³/mol. The lowest BCUT2D eigenvalue weighted by molar-refractivity contribution is -0.161. The molecule has 0 spiro atoms. The first kappa shape index (κ1) is 13.6. The monoisotopic (exact) mass is 258 g/mol. The third-order valence-electron chi connectivity index (χ3n) is 3.99. The number of carboxylic acids is 1. The standard InChI is InChI=1S/C16H18O3/c1-12-8-4-5-9-13(12)15(2,19)16(14(17)18)10-6-3-7-11-16/h3-10,19H,11H2,1-2H3,(H,17,18)/t15-,16+/m0/s1. The van der Waals surface area contributed by atoms with E-state index in [-0.39, 0.29) is 6.42 Å². The van der Waals surface area contributed by atoms with Crippen LogP contribution in [0.3, 0.4) is 0 Å². The quantitative estimate of drug-likeness (QED) is 0.876. The molecule has 2 rings (SSSR count). The number of hydrogen-bond donors (Lipinski definition) is 2. The van der Waals surface area contributed by atoms with Crippen molar-refractivity contribution in [2.45, 2.75) is 25.9 Å². The molecule has 2 N–H and O–H groups in total. The van der Waals surface area contributed by atoms with E-state index in [0.717, 1.165) is 5.56 Å². The number of benzene rings is 1. The molecule has 3 heteroatoms. The Kier molecular flexibility index (Phi) is 3.33. The second-order valence-corrected chi connectivity index (χ2v) is 5.16. The van der Waals surface area contributed by atoms with Crippen LogP contribution in [0.2, 0.25) is 0 Å². The Hall–Kier alpha value is -1.87. The summed E-state index contributed by atoms with van der Waals surface area (Å²) in [5, 5.41) is 20.6. The number of aryl methyl sites for hydroxylation is 1. The maximum absolute atomic E-state index is 11.8. The number of carbonyl (C=O) groups is 1. The molecule has 1 aliphatic carbocycles. The molecule has 2 atom stereocenters. The molecule has 0 unspecified atom stereocenters. The van der Waals surface area contributed by atoms with Gasteiger partial charge in [0.25, 0.3) is 0 Å². The first-order valence-corrected chi connectivity index (χ1v) is 6.28. The van der Waals surface area contributed by atoms with Crippen molar-refractivity contribution in [2.24, 2.45) is 5.41 Å². The van der Waals surface area contributed by atoms with E-state index in [4.69, 9.17) is 0 Å². The Bertz CT molecular complexity index is 555. The van der Waals surface area contributed by atoms with Crippen LogP contribution in [0.5, 0.6) is 0 Å². The third-order valence-corrected chi connectivity index (χ3v) is 3.99. The Morgan fingerprint density at radius 1 is 1.32 bits per heavy atom. The molecule has 0 aromatic heterocycles. The zero-order valence-corrected chi connectivity index (χ0v) is 11.1. The van der Waals surface area contributed by atoms with Gasteiger partial charge in [0.15, 0.2) is 0 Å². The van der Waals surface area contributed by atoms with E-state index < -0.39 is 17.0 Å². The van der Waals surface area contributed by atoms with Crippen LogP contribution in [-0.4, -0.2) is 16.2 Å². The molecule has 0 bridgehead atoms. The van der Waals surface area contributed by atoms with Crippen molar-refractivity contribution in [1.82, 2.24) is 0 Å². The average Bonchev–Trinajstić information content (AvgIpc) is 2.39. The second kappa shape index (κ2) is 4.67. The molecule has 0 saturated carbocycles. The Labute approximate surface area is 112 Å². The highest BCUT2D eigenvalue weighted by Gasteiger charge is 2.52. The fourth-order valence-corrected chi connectivity index (χ4v) is 2.71. The largest absolute Gasteiger partial charge is 0.480 e. The lowest BCUT2D eigenvalue weighted by Crippen LogP contribution is -2.48. The number of carboxylic acid groups (broad SMARTS) is 1. The minimum Gasteiger partial charge on any atom is -0.480 e. The number of aliphatic carboxylic acids is 1. The van der Waals surface area contributed by atoms with Crippen molar-refractivity contribution < 1.29 is 15.0 Å². The van der Waals surface area contributed by atoms with E-state index >= 15 is 0 Å². The summed E-state index contributed by atoms with van der Waals surface area (Å²) in [7, 11) is 0. The van der Waals surface area contributed by atoms with Gasteiger partial charge in [0, 0.05) is 0 Å². The normalized spacial score (nSPS) is 25.0. The molecule has 0 aliphatic heterocycles. The molecule has 19 heavy (non-hydrogen) atoms. The topological polar surface area (TPSA) is 57.5 Å². The summed E-state index contributed by atoms with van der Waals surface area (Å²) < 4.78 is 0. The van der Waals surface area contributed by atoms with E-state index in [1.807, 2.05) is 25.1 Å². The van der Waals surface area contributed by atoms with Crippen LogP contribution >= 0.6 is 0 Å². The average molecular weight is 258 g/mol. The molecule has 3 nitrogen and oxygen atoms in total. The van der Waals surface area contributed by atoms with Crippen LogP contribution in [0, 0.1) is 12.3 Å². The van der Waals surface area contributed by atoms with E-state index in [1.165, 1.54) is 0 Å². The number of allylic oxidation sites excluding steroid dienone is 3. The van der Waals surface area contributed by atoms with Gasteiger partial charge in [0.1, 0.15) is 11.0 Å². The van der Waals surface area contributed by atoms with Crippen molar-refractivity contribution in [2.75, 3.05) is 0 Å². The first-order valence-electron chi connectivity index (χ1n) is 6.28. The minimum absolute atomic E-state index is 0.278. The number of hydrogen-bond acceptors (Lipinski definition) is 2. The highest BCUT2D eigenvalue weighted by molar-refractivity contribution is 5.80. The lowest BCUT2D eigenvalue weighted by Gasteiger charge is -2.41. The van der Waals surface area contributed by atoms with E-state index in [0.29, 0.717) is 5.56 Å². The van der Waals surface area contributed by atoms with Gasteiger partial charge in [-0.25, -0.2) is 0 Å². The summed E-state index contributed by atoms with van der Waals surface area (Å²) in [6.07, 6.45) is 7.13. The zero-order chi connectivity index (χ0) is 14.1. The molecule has 0 amide bonds. The molecular weight excluding hydrogens is 240 g/mol. The van der Waals surface area contributed by atoms with E-state index in [9.17, 15) is 15.0 Å². The molecule has 100 valence electrons. The van der Waals surface area contributed by atoms with Crippen LogP contribution < -0.4 is 0 Å². The number of aliphatic hydroxyl groups is 1. The summed E-state index contributed by atoms with van der Waals surface area (Å²) in [5.74, 6) is -1.01. The lowest BCUT2D eigenvalue weighted by atomic mass is 9.65. The van der Waals surface area contributed by atoms with E-state index in [2.05, 4.69) is 0 Å². The van der Waals surface area contributed by atoms with Gasteiger partial charge in [-0.15, -0.1) is 0 Å². The second-order valence-electron chi connectivity index (χ2n) is 5.16. The minimum atomic E-state index is -1.47. The van der Waals surface area contributed by atoms with Crippen LogP contribution in [-0.2, 0) is 10.4 Å². The van der Waals surface area contributed by atoms with Gasteiger partial charge in [-0.2, -0.15) is 0 Å². The summed E-state index contributed by atoms with van der Waals surface area (Å²) >= 11 is 0. The van der Waals surface area contributed by atoms with Crippen molar-refractivity contribution >= 4 is 5.97 Å². The Balaban J connectivity index is 2.59. The van der Waals surface area contributed by atoms with Gasteiger partial charge in [-0.1, -0.05) is 48.6 Å². The molecule has 1 aliphatic rings. The van der Waals surface area contributed by atoms with Crippen molar-refractivity contribution in [3.8, 4) is 0 Å². The third kappa shape index (κ3) is 2.00. The van der Waals surface area contributed by atoms with Crippen LogP contribution in [0.25, 0.3) is 0 Å². The van der Waals surface area contributed by atoms with Crippen molar-refractivity contribution in [1.29, 1.82) is 0 Å². The highest BCUT2D eigenvalue weighted by atomic mass is 16.4. The maximum atomic E-state index is 11.8. The van der Waals surface area contributed by atoms with Crippen LogP contribution in [0.15, 0.2) is 48.6 Å². The summed E-state index contributed by atoms with van der Waals surface area (Å²) in [4.78, 5) is 11.8. The SMILES string of the molecule is Cc1ccccc1[C@](C)(O)[C@]1(C(=O)O)C=CC=CC1. The van der Waals surface area contributed by atoms with E-state index in [1.54, 1.807) is 37.3 Å². The molecule has 0 saturated heterocycles. The maximum Gasteiger partial charge on any atom is 0.317 e. The van der Waals surface area contributed by atoms with Gasteiger partial charge in [-0.05, 0) is 31.4 Å². The summed E-state index contributed by atoms with van der Waals surface area (Å²) in [6, 6.07) is 7.35. The predicted octanol–water partition coefficient (Wildman–Crippen LogP) is 2.79. The van der Waals surface area contributed by atoms with Crippen molar-refractivity contribution in [3.05, 3.63) is 59.7 Å². The fourth-order valence-electron chi connectivity index (χ4n) is 2.71. The molecule has 1 aromatic rings. The highest BCUT2D eigenvalue weighted by Crippen LogP contribution is 2.46. The molecule has 0 heterocycles. The summed E-state index contributed by atoms with van der Waals surface area (Å²) in [6.45, 7) is 3.45. The van der Waals surface area contributed by atoms with Gasteiger partial charge in [0.05, 0.1) is 0 Å². The molecule has 0 radical (unpaired) electrons.